The van der Waals surface area contributed by atoms with Crippen LogP contribution in [0.4, 0.5) is 0 Å². The fourth-order valence-electron chi connectivity index (χ4n) is 1.56. The van der Waals surface area contributed by atoms with Crippen LogP contribution in [0.25, 0.3) is 0 Å². The number of morpholine rings is 1. The number of hydrogen-bond donors (Lipinski definition) is 0. The third kappa shape index (κ3) is 2.43. The van der Waals surface area contributed by atoms with Crippen molar-refractivity contribution in [2.24, 2.45) is 5.10 Å². The van der Waals surface area contributed by atoms with Gasteiger partial charge in [0.25, 0.3) is 0 Å². The van der Waals surface area contributed by atoms with Crippen molar-refractivity contribution in [2.45, 2.75) is 6.92 Å². The van der Waals surface area contributed by atoms with E-state index in [4.69, 9.17) is 4.74 Å². The molecule has 0 unspecified atom stereocenters. The number of amides is 1. The smallest absolute Gasteiger partial charge is 0.239 e. The molecule has 5 nitrogen and oxygen atoms in total. The highest BCUT2D eigenvalue weighted by Gasteiger charge is 2.27. The highest BCUT2D eigenvalue weighted by molar-refractivity contribution is 8.15. The lowest BCUT2D eigenvalue weighted by Crippen LogP contribution is -2.36. The minimum absolute atomic E-state index is 0.162. The molecule has 0 N–H and O–H groups in total. The SMILES string of the molecule is CCN1C(=O)CSC1=NN1CCOCC1. The maximum atomic E-state index is 11.4. The van der Waals surface area contributed by atoms with Crippen molar-refractivity contribution < 1.29 is 9.53 Å². The number of carbonyl (C=O) groups excluding carboxylic acids is 1. The summed E-state index contributed by atoms with van der Waals surface area (Å²) in [5, 5.41) is 7.29. The van der Waals surface area contributed by atoms with E-state index in [2.05, 4.69) is 5.10 Å². The summed E-state index contributed by atoms with van der Waals surface area (Å²) in [5.74, 6) is 0.686. The van der Waals surface area contributed by atoms with Gasteiger partial charge >= 0.3 is 0 Å². The van der Waals surface area contributed by atoms with Crippen molar-refractivity contribution in [1.82, 2.24) is 9.91 Å². The number of ether oxygens (including phenoxy) is 1. The molecule has 0 spiro atoms. The lowest BCUT2D eigenvalue weighted by Gasteiger charge is -2.25. The molecule has 0 aromatic heterocycles. The minimum atomic E-state index is 0.162. The first-order valence-corrected chi connectivity index (χ1v) is 6.14. The lowest BCUT2D eigenvalue weighted by atomic mass is 10.5. The Kier molecular flexibility index (Phi) is 3.48. The molecule has 2 saturated heterocycles. The van der Waals surface area contributed by atoms with Gasteiger partial charge in [-0.15, -0.1) is 0 Å². The zero-order chi connectivity index (χ0) is 10.7. The second-order valence-corrected chi connectivity index (χ2v) is 4.32. The summed E-state index contributed by atoms with van der Waals surface area (Å²) in [5.41, 5.74) is 0. The Labute approximate surface area is 93.4 Å². The zero-order valence-corrected chi connectivity index (χ0v) is 9.63. The molecule has 2 fully saturated rings. The maximum Gasteiger partial charge on any atom is 0.239 e. The summed E-state index contributed by atoms with van der Waals surface area (Å²) in [6.45, 7) is 5.75. The zero-order valence-electron chi connectivity index (χ0n) is 8.81. The molecular weight excluding hydrogens is 214 g/mol. The van der Waals surface area contributed by atoms with Crippen LogP contribution in [0.5, 0.6) is 0 Å². The molecule has 0 bridgehead atoms. The Morgan fingerprint density at radius 1 is 1.47 bits per heavy atom. The van der Waals surface area contributed by atoms with Crippen LogP contribution in [-0.4, -0.2) is 59.6 Å². The van der Waals surface area contributed by atoms with Crippen LogP contribution in [-0.2, 0) is 9.53 Å². The van der Waals surface area contributed by atoms with Crippen LogP contribution in [0.2, 0.25) is 0 Å². The quantitative estimate of drug-likeness (QED) is 0.678. The standard InChI is InChI=1S/C9H15N3O2S/c1-2-12-8(13)7-15-9(12)10-11-3-5-14-6-4-11/h2-7H2,1H3. The van der Waals surface area contributed by atoms with Crippen molar-refractivity contribution in [1.29, 1.82) is 0 Å². The van der Waals surface area contributed by atoms with E-state index in [9.17, 15) is 4.79 Å². The Balaban J connectivity index is 2.01. The molecule has 2 aliphatic rings. The molecule has 0 radical (unpaired) electrons. The third-order valence-electron chi connectivity index (χ3n) is 2.39. The normalized spacial score (nSPS) is 25.4. The van der Waals surface area contributed by atoms with E-state index in [-0.39, 0.29) is 5.91 Å². The number of hydrazone groups is 1. The fourth-order valence-corrected chi connectivity index (χ4v) is 2.53. The number of amidine groups is 1. The van der Waals surface area contributed by atoms with Gasteiger partial charge in [0.05, 0.1) is 32.1 Å². The van der Waals surface area contributed by atoms with Crippen LogP contribution in [0.1, 0.15) is 6.92 Å². The Hall–Kier alpha value is -0.750. The molecule has 84 valence electrons. The molecule has 15 heavy (non-hydrogen) atoms. The van der Waals surface area contributed by atoms with Crippen molar-refractivity contribution >= 4 is 22.8 Å². The summed E-state index contributed by atoms with van der Waals surface area (Å²) in [6.07, 6.45) is 0. The van der Waals surface area contributed by atoms with Crippen molar-refractivity contribution in [3.63, 3.8) is 0 Å². The summed E-state index contributed by atoms with van der Waals surface area (Å²) in [7, 11) is 0. The average Bonchev–Trinajstić information content (AvgIpc) is 2.61. The molecule has 0 aromatic carbocycles. The average molecular weight is 229 g/mol. The van der Waals surface area contributed by atoms with E-state index in [1.807, 2.05) is 11.9 Å². The monoisotopic (exact) mass is 229 g/mol. The van der Waals surface area contributed by atoms with Gasteiger partial charge in [0.1, 0.15) is 0 Å². The predicted octanol–water partition coefficient (Wildman–Crippen LogP) is 0.185. The number of hydrogen-bond acceptors (Lipinski definition) is 5. The summed E-state index contributed by atoms with van der Waals surface area (Å²) >= 11 is 1.52. The molecule has 0 aromatic rings. The van der Waals surface area contributed by atoms with E-state index in [1.54, 1.807) is 4.90 Å². The number of nitrogens with zero attached hydrogens (tertiary/aromatic N) is 3. The van der Waals surface area contributed by atoms with Gasteiger partial charge in [0.2, 0.25) is 5.91 Å². The maximum absolute atomic E-state index is 11.4. The Bertz CT molecular complexity index is 277. The molecule has 2 aliphatic heterocycles. The van der Waals surface area contributed by atoms with Crippen LogP contribution in [0.3, 0.4) is 0 Å². The minimum Gasteiger partial charge on any atom is -0.378 e. The molecule has 1 amide bonds. The van der Waals surface area contributed by atoms with Crippen LogP contribution >= 0.6 is 11.8 Å². The van der Waals surface area contributed by atoms with E-state index >= 15 is 0 Å². The van der Waals surface area contributed by atoms with Gasteiger partial charge in [0, 0.05) is 6.54 Å². The predicted molar refractivity (Wildman–Crippen MR) is 59.7 cm³/mol. The van der Waals surface area contributed by atoms with Gasteiger partial charge in [-0.2, -0.15) is 5.10 Å². The first-order valence-electron chi connectivity index (χ1n) is 5.15. The Morgan fingerprint density at radius 2 is 2.20 bits per heavy atom. The van der Waals surface area contributed by atoms with E-state index in [0.29, 0.717) is 12.3 Å². The van der Waals surface area contributed by atoms with Crippen LogP contribution < -0.4 is 0 Å². The summed E-state index contributed by atoms with van der Waals surface area (Å²) < 4.78 is 5.24. The molecule has 2 heterocycles. The summed E-state index contributed by atoms with van der Waals surface area (Å²) in [6, 6.07) is 0. The third-order valence-corrected chi connectivity index (χ3v) is 3.34. The highest BCUT2D eigenvalue weighted by atomic mass is 32.2. The second-order valence-electron chi connectivity index (χ2n) is 3.38. The molecule has 2 rings (SSSR count). The molecule has 0 aliphatic carbocycles. The first kappa shape index (κ1) is 10.8. The van der Waals surface area contributed by atoms with Gasteiger partial charge in [-0.1, -0.05) is 11.8 Å². The summed E-state index contributed by atoms with van der Waals surface area (Å²) in [4.78, 5) is 13.2. The highest BCUT2D eigenvalue weighted by Crippen LogP contribution is 2.19. The molecule has 6 heteroatoms. The number of thioether (sulfide) groups is 1. The lowest BCUT2D eigenvalue weighted by molar-refractivity contribution is -0.123. The fraction of sp³-hybridized carbons (Fsp3) is 0.778. The molecule has 0 saturated carbocycles. The van der Waals surface area contributed by atoms with Crippen molar-refractivity contribution in [3.8, 4) is 0 Å². The van der Waals surface area contributed by atoms with Crippen molar-refractivity contribution in [2.75, 3.05) is 38.6 Å². The van der Waals surface area contributed by atoms with Gasteiger partial charge in [0.15, 0.2) is 5.17 Å². The molecule has 0 atom stereocenters. The van der Waals surface area contributed by atoms with Crippen molar-refractivity contribution in [3.05, 3.63) is 0 Å². The number of carbonyl (C=O) groups is 1. The van der Waals surface area contributed by atoms with Gasteiger partial charge in [-0.05, 0) is 6.92 Å². The largest absolute Gasteiger partial charge is 0.378 e. The topological polar surface area (TPSA) is 45.1 Å². The Morgan fingerprint density at radius 3 is 2.87 bits per heavy atom. The number of rotatable bonds is 2. The van der Waals surface area contributed by atoms with Crippen LogP contribution in [0, 0.1) is 0 Å². The van der Waals surface area contributed by atoms with Gasteiger partial charge < -0.3 is 4.74 Å². The second kappa shape index (κ2) is 4.85. The van der Waals surface area contributed by atoms with Crippen LogP contribution in [0.15, 0.2) is 5.10 Å². The van der Waals surface area contributed by atoms with E-state index in [0.717, 1.165) is 31.5 Å². The van der Waals surface area contributed by atoms with Gasteiger partial charge in [-0.25, -0.2) is 0 Å². The van der Waals surface area contributed by atoms with Gasteiger partial charge in [-0.3, -0.25) is 14.7 Å². The van der Waals surface area contributed by atoms with E-state index in [1.165, 1.54) is 11.8 Å². The van der Waals surface area contributed by atoms with E-state index < -0.39 is 0 Å². The first-order chi connectivity index (χ1) is 7.31. The molecular formula is C9H15N3O2S.